The topological polar surface area (TPSA) is 54.5 Å². The molecular weight excluding hydrogens is 302 g/mol. The van der Waals surface area contributed by atoms with Crippen LogP contribution < -0.4 is 5.32 Å². The van der Waals surface area contributed by atoms with E-state index in [-0.39, 0.29) is 5.91 Å². The highest BCUT2D eigenvalue weighted by molar-refractivity contribution is 5.87. The van der Waals surface area contributed by atoms with Crippen LogP contribution >= 0.6 is 0 Å². The van der Waals surface area contributed by atoms with E-state index in [1.54, 1.807) is 6.20 Å². The second kappa shape index (κ2) is 7.55. The molecule has 1 aliphatic rings. The van der Waals surface area contributed by atoms with Gasteiger partial charge in [0, 0.05) is 37.8 Å². The number of hydrogen-bond acceptors (Lipinski definition) is 4. The van der Waals surface area contributed by atoms with E-state index in [0.717, 1.165) is 37.4 Å². The molecule has 126 valence electrons. The van der Waals surface area contributed by atoms with Gasteiger partial charge in [-0.1, -0.05) is 24.3 Å². The summed E-state index contributed by atoms with van der Waals surface area (Å²) in [6.07, 6.45) is 1.78. The molecule has 2 heterocycles. The molecular formula is C19H23N3O2. The van der Waals surface area contributed by atoms with E-state index in [0.29, 0.717) is 11.9 Å². The maximum absolute atomic E-state index is 11.0. The monoisotopic (exact) mass is 325 g/mol. The summed E-state index contributed by atoms with van der Waals surface area (Å²) in [5, 5.41) is 2.68. The zero-order valence-electron chi connectivity index (χ0n) is 14.2. The van der Waals surface area contributed by atoms with Gasteiger partial charge >= 0.3 is 0 Å². The number of nitrogens with zero attached hydrogens (tertiary/aromatic N) is 2. The van der Waals surface area contributed by atoms with E-state index in [1.807, 2.05) is 12.1 Å². The number of amides is 1. The Kier molecular flexibility index (Phi) is 5.23. The van der Waals surface area contributed by atoms with Crippen LogP contribution in [0, 0.1) is 0 Å². The number of hydrogen-bond donors (Lipinski definition) is 1. The highest BCUT2D eigenvalue weighted by Crippen LogP contribution is 2.25. The van der Waals surface area contributed by atoms with Crippen molar-refractivity contribution in [2.75, 3.05) is 31.6 Å². The molecule has 2 aromatic rings. The number of carbonyl (C=O) groups excluding carboxylic acids is 1. The summed E-state index contributed by atoms with van der Waals surface area (Å²) in [7, 11) is 0. The molecule has 5 heteroatoms. The first-order chi connectivity index (χ1) is 11.6. The molecule has 1 N–H and O–H groups in total. The molecule has 0 spiro atoms. The van der Waals surface area contributed by atoms with Crippen molar-refractivity contribution in [3.8, 4) is 11.1 Å². The molecule has 3 rings (SSSR count). The van der Waals surface area contributed by atoms with E-state index in [1.165, 1.54) is 12.5 Å². The third kappa shape index (κ3) is 3.99. The van der Waals surface area contributed by atoms with Crippen molar-refractivity contribution in [3.63, 3.8) is 0 Å². The molecule has 1 aromatic carbocycles. The van der Waals surface area contributed by atoms with Crippen molar-refractivity contribution < 1.29 is 9.53 Å². The largest absolute Gasteiger partial charge is 0.379 e. The van der Waals surface area contributed by atoms with Crippen LogP contribution in [0.1, 0.15) is 25.5 Å². The van der Waals surface area contributed by atoms with Gasteiger partial charge in [0.2, 0.25) is 5.91 Å². The number of anilines is 1. The minimum Gasteiger partial charge on any atom is -0.379 e. The van der Waals surface area contributed by atoms with Crippen molar-refractivity contribution in [1.29, 1.82) is 0 Å². The first-order valence-corrected chi connectivity index (χ1v) is 8.29. The van der Waals surface area contributed by atoms with Crippen LogP contribution in [-0.2, 0) is 9.53 Å². The Morgan fingerprint density at radius 1 is 1.12 bits per heavy atom. The van der Waals surface area contributed by atoms with Crippen molar-refractivity contribution in [1.82, 2.24) is 9.88 Å². The van der Waals surface area contributed by atoms with Crippen LogP contribution in [0.2, 0.25) is 0 Å². The quantitative estimate of drug-likeness (QED) is 0.938. The smallest absolute Gasteiger partial charge is 0.222 e. The lowest BCUT2D eigenvalue weighted by Gasteiger charge is -2.32. The number of carbonyl (C=O) groups is 1. The second-order valence-corrected chi connectivity index (χ2v) is 6.06. The molecule has 24 heavy (non-hydrogen) atoms. The van der Waals surface area contributed by atoms with Gasteiger partial charge < -0.3 is 10.1 Å². The number of pyridine rings is 1. The molecule has 1 fully saturated rings. The maximum atomic E-state index is 11.0. The number of ether oxygens (including phenoxy) is 1. The predicted molar refractivity (Wildman–Crippen MR) is 94.8 cm³/mol. The third-order valence-electron chi connectivity index (χ3n) is 4.39. The Bertz CT molecular complexity index is 677. The summed E-state index contributed by atoms with van der Waals surface area (Å²) in [5.41, 5.74) is 3.47. The Morgan fingerprint density at radius 3 is 2.38 bits per heavy atom. The lowest BCUT2D eigenvalue weighted by atomic mass is 10.0. The lowest BCUT2D eigenvalue weighted by Crippen LogP contribution is -2.37. The summed E-state index contributed by atoms with van der Waals surface area (Å²) >= 11 is 0. The average Bonchev–Trinajstić information content (AvgIpc) is 2.62. The molecule has 1 atom stereocenters. The SMILES string of the molecule is CC(=O)Nc1ccc(-c2ccc([C@@H](C)N3CCOCC3)cc2)cn1. The Hall–Kier alpha value is -2.24. The zero-order valence-corrected chi connectivity index (χ0v) is 14.2. The standard InChI is InChI=1S/C19H23N3O2/c1-14(22-9-11-24-12-10-22)16-3-5-17(6-4-16)18-7-8-19(20-13-18)21-15(2)23/h3-8,13-14H,9-12H2,1-2H3,(H,20,21,23)/t14-/m1/s1. The van der Waals surface area contributed by atoms with Crippen LogP contribution in [0.4, 0.5) is 5.82 Å². The zero-order chi connectivity index (χ0) is 16.9. The number of rotatable bonds is 4. The molecule has 1 aliphatic heterocycles. The van der Waals surface area contributed by atoms with E-state index in [9.17, 15) is 4.79 Å². The minimum absolute atomic E-state index is 0.114. The highest BCUT2D eigenvalue weighted by atomic mass is 16.5. The highest BCUT2D eigenvalue weighted by Gasteiger charge is 2.18. The van der Waals surface area contributed by atoms with E-state index in [2.05, 4.69) is 46.4 Å². The van der Waals surface area contributed by atoms with Gasteiger partial charge in [0.15, 0.2) is 0 Å². The van der Waals surface area contributed by atoms with Crippen LogP contribution in [0.5, 0.6) is 0 Å². The van der Waals surface area contributed by atoms with Gasteiger partial charge in [-0.3, -0.25) is 9.69 Å². The van der Waals surface area contributed by atoms with Gasteiger partial charge in [-0.2, -0.15) is 0 Å². The molecule has 0 aliphatic carbocycles. The Morgan fingerprint density at radius 2 is 1.79 bits per heavy atom. The average molecular weight is 325 g/mol. The van der Waals surface area contributed by atoms with Crippen LogP contribution in [-0.4, -0.2) is 42.1 Å². The fraction of sp³-hybridized carbons (Fsp3) is 0.368. The predicted octanol–water partition coefficient (Wildman–Crippen LogP) is 3.10. The van der Waals surface area contributed by atoms with Crippen molar-refractivity contribution in [3.05, 3.63) is 48.2 Å². The van der Waals surface area contributed by atoms with Gasteiger partial charge in [0.05, 0.1) is 13.2 Å². The van der Waals surface area contributed by atoms with Gasteiger partial charge in [0.1, 0.15) is 5.82 Å². The molecule has 0 bridgehead atoms. The van der Waals surface area contributed by atoms with Crippen molar-refractivity contribution in [2.45, 2.75) is 19.9 Å². The van der Waals surface area contributed by atoms with E-state index >= 15 is 0 Å². The minimum atomic E-state index is -0.114. The van der Waals surface area contributed by atoms with E-state index in [4.69, 9.17) is 4.74 Å². The summed E-state index contributed by atoms with van der Waals surface area (Å²) in [5.74, 6) is 0.459. The number of nitrogens with one attached hydrogen (secondary N) is 1. The van der Waals surface area contributed by atoms with Crippen LogP contribution in [0.3, 0.4) is 0 Å². The fourth-order valence-corrected chi connectivity index (χ4v) is 2.95. The molecule has 1 amide bonds. The number of aromatic nitrogens is 1. The molecule has 0 radical (unpaired) electrons. The molecule has 0 unspecified atom stereocenters. The first-order valence-electron chi connectivity index (χ1n) is 8.29. The summed E-state index contributed by atoms with van der Waals surface area (Å²) in [6, 6.07) is 12.8. The fourth-order valence-electron chi connectivity index (χ4n) is 2.95. The number of benzene rings is 1. The summed E-state index contributed by atoms with van der Waals surface area (Å²) in [6.45, 7) is 7.31. The van der Waals surface area contributed by atoms with Gasteiger partial charge in [-0.15, -0.1) is 0 Å². The van der Waals surface area contributed by atoms with Gasteiger partial charge in [-0.25, -0.2) is 4.98 Å². The van der Waals surface area contributed by atoms with Gasteiger partial charge in [-0.05, 0) is 30.2 Å². The molecule has 0 saturated carbocycles. The molecule has 5 nitrogen and oxygen atoms in total. The summed E-state index contributed by atoms with van der Waals surface area (Å²) < 4.78 is 5.42. The maximum Gasteiger partial charge on any atom is 0.222 e. The van der Waals surface area contributed by atoms with Crippen LogP contribution in [0.25, 0.3) is 11.1 Å². The number of morpholine rings is 1. The summed E-state index contributed by atoms with van der Waals surface area (Å²) in [4.78, 5) is 17.8. The lowest BCUT2D eigenvalue weighted by molar-refractivity contribution is -0.114. The van der Waals surface area contributed by atoms with Crippen LogP contribution in [0.15, 0.2) is 42.6 Å². The normalized spacial score (nSPS) is 16.6. The van der Waals surface area contributed by atoms with Crippen molar-refractivity contribution in [2.24, 2.45) is 0 Å². The molecule has 1 aromatic heterocycles. The van der Waals surface area contributed by atoms with E-state index < -0.39 is 0 Å². The molecule has 1 saturated heterocycles. The first kappa shape index (κ1) is 16.6. The van der Waals surface area contributed by atoms with Crippen molar-refractivity contribution >= 4 is 11.7 Å². The Labute approximate surface area is 142 Å². The Balaban J connectivity index is 1.70. The second-order valence-electron chi connectivity index (χ2n) is 6.06. The van der Waals surface area contributed by atoms with Gasteiger partial charge in [0.25, 0.3) is 0 Å². The third-order valence-corrected chi connectivity index (χ3v) is 4.39.